The summed E-state index contributed by atoms with van der Waals surface area (Å²) in [6, 6.07) is 6.93. The zero-order valence-corrected chi connectivity index (χ0v) is 11.8. The number of halogens is 2. The Morgan fingerprint density at radius 2 is 2.10 bits per heavy atom. The second kappa shape index (κ2) is 5.96. The maximum absolute atomic E-state index is 13.2. The predicted molar refractivity (Wildman–Crippen MR) is 75.4 cm³/mol. The quantitative estimate of drug-likeness (QED) is 0.889. The number of aryl methyl sites for hydroxylation is 1. The summed E-state index contributed by atoms with van der Waals surface area (Å²) < 4.78 is 18.7. The lowest BCUT2D eigenvalue weighted by Crippen LogP contribution is -2.31. The van der Waals surface area contributed by atoms with Crippen LogP contribution in [0.2, 0.25) is 5.02 Å². The van der Waals surface area contributed by atoms with E-state index in [0.717, 1.165) is 11.8 Å². The molecule has 1 aromatic carbocycles. The third-order valence-corrected chi connectivity index (χ3v) is 3.02. The van der Waals surface area contributed by atoms with Gasteiger partial charge < -0.3 is 15.1 Å². The van der Waals surface area contributed by atoms with Crippen molar-refractivity contribution in [1.29, 1.82) is 0 Å². The molecule has 106 valence electrons. The average Bonchev–Trinajstić information content (AvgIpc) is 2.80. The molecule has 1 atom stereocenters. The number of nitrogens with one attached hydrogen (secondary N) is 2. The second-order valence-corrected chi connectivity index (χ2v) is 4.80. The zero-order chi connectivity index (χ0) is 14.7. The summed E-state index contributed by atoms with van der Waals surface area (Å²) in [6.07, 6.45) is 0. The van der Waals surface area contributed by atoms with Gasteiger partial charge in [-0.15, -0.1) is 0 Å². The first-order valence-electron chi connectivity index (χ1n) is 6.04. The van der Waals surface area contributed by atoms with E-state index in [0.29, 0.717) is 11.4 Å². The van der Waals surface area contributed by atoms with Crippen LogP contribution in [-0.4, -0.2) is 6.03 Å². The standard InChI is InChI=1S/C14H14ClFN2O2/c1-8-3-6-13(20-8)9(2)17-14(19)18-10-4-5-11(15)12(16)7-10/h3-7,9H,1-2H3,(H2,17,18,19). The van der Waals surface area contributed by atoms with Crippen molar-refractivity contribution in [3.63, 3.8) is 0 Å². The highest BCUT2D eigenvalue weighted by Gasteiger charge is 2.13. The number of benzene rings is 1. The highest BCUT2D eigenvalue weighted by atomic mass is 35.5. The Morgan fingerprint density at radius 3 is 2.70 bits per heavy atom. The maximum Gasteiger partial charge on any atom is 0.319 e. The maximum atomic E-state index is 13.2. The Kier molecular flexibility index (Phi) is 4.29. The number of hydrogen-bond donors (Lipinski definition) is 2. The molecule has 0 aliphatic heterocycles. The van der Waals surface area contributed by atoms with Crippen molar-refractivity contribution in [2.45, 2.75) is 19.9 Å². The van der Waals surface area contributed by atoms with Gasteiger partial charge in [0.05, 0.1) is 11.1 Å². The number of carbonyl (C=O) groups is 1. The molecule has 0 radical (unpaired) electrons. The van der Waals surface area contributed by atoms with Crippen LogP contribution in [0.3, 0.4) is 0 Å². The summed E-state index contributed by atoms with van der Waals surface area (Å²) in [4.78, 5) is 11.8. The van der Waals surface area contributed by atoms with Gasteiger partial charge in [-0.1, -0.05) is 11.6 Å². The van der Waals surface area contributed by atoms with Gasteiger partial charge in [-0.25, -0.2) is 9.18 Å². The van der Waals surface area contributed by atoms with Gasteiger partial charge in [0.25, 0.3) is 0 Å². The molecule has 0 aliphatic carbocycles. The van der Waals surface area contributed by atoms with Gasteiger partial charge in [-0.3, -0.25) is 0 Å². The summed E-state index contributed by atoms with van der Waals surface area (Å²) in [5.74, 6) is 0.841. The SMILES string of the molecule is Cc1ccc(C(C)NC(=O)Nc2ccc(Cl)c(F)c2)o1. The number of rotatable bonds is 3. The molecule has 0 aliphatic rings. The zero-order valence-electron chi connectivity index (χ0n) is 11.0. The van der Waals surface area contributed by atoms with Crippen LogP contribution in [0.1, 0.15) is 24.5 Å². The van der Waals surface area contributed by atoms with Gasteiger partial charge >= 0.3 is 6.03 Å². The van der Waals surface area contributed by atoms with Crippen LogP contribution in [0.25, 0.3) is 0 Å². The van der Waals surface area contributed by atoms with Crippen LogP contribution < -0.4 is 10.6 Å². The summed E-state index contributed by atoms with van der Waals surface area (Å²) in [5.41, 5.74) is 0.326. The van der Waals surface area contributed by atoms with Crippen LogP contribution in [-0.2, 0) is 0 Å². The predicted octanol–water partition coefficient (Wildman–Crippen LogP) is 4.26. The molecule has 0 saturated heterocycles. The molecule has 1 aromatic heterocycles. The van der Waals surface area contributed by atoms with Crippen molar-refractivity contribution in [3.8, 4) is 0 Å². The lowest BCUT2D eigenvalue weighted by Gasteiger charge is -2.12. The molecule has 2 amide bonds. The lowest BCUT2D eigenvalue weighted by atomic mass is 10.2. The van der Waals surface area contributed by atoms with Gasteiger partial charge in [0.2, 0.25) is 0 Å². The van der Waals surface area contributed by atoms with Crippen LogP contribution in [0.5, 0.6) is 0 Å². The van der Waals surface area contributed by atoms with Crippen LogP contribution in [0.4, 0.5) is 14.9 Å². The first-order chi connectivity index (χ1) is 9.45. The van der Waals surface area contributed by atoms with Crippen LogP contribution in [0.15, 0.2) is 34.7 Å². The fourth-order valence-corrected chi connectivity index (χ4v) is 1.81. The smallest absolute Gasteiger partial charge is 0.319 e. The Labute approximate surface area is 120 Å². The number of furan rings is 1. The minimum Gasteiger partial charge on any atom is -0.464 e. The van der Waals surface area contributed by atoms with Gasteiger partial charge in [-0.05, 0) is 44.2 Å². The number of hydrogen-bond acceptors (Lipinski definition) is 2. The molecule has 2 rings (SSSR count). The topological polar surface area (TPSA) is 54.3 Å². The largest absolute Gasteiger partial charge is 0.464 e. The van der Waals surface area contributed by atoms with E-state index in [9.17, 15) is 9.18 Å². The minimum absolute atomic E-state index is 0.00962. The van der Waals surface area contributed by atoms with E-state index >= 15 is 0 Å². The van der Waals surface area contributed by atoms with E-state index in [-0.39, 0.29) is 11.1 Å². The fraction of sp³-hybridized carbons (Fsp3) is 0.214. The first kappa shape index (κ1) is 14.4. The van der Waals surface area contributed by atoms with E-state index in [4.69, 9.17) is 16.0 Å². The van der Waals surface area contributed by atoms with Crippen LogP contribution >= 0.6 is 11.6 Å². The van der Waals surface area contributed by atoms with Crippen molar-refractivity contribution >= 4 is 23.3 Å². The number of urea groups is 1. The Bertz CT molecular complexity index is 627. The Morgan fingerprint density at radius 1 is 1.35 bits per heavy atom. The molecule has 2 aromatic rings. The molecule has 4 nitrogen and oxygen atoms in total. The van der Waals surface area contributed by atoms with E-state index in [1.54, 1.807) is 13.0 Å². The van der Waals surface area contributed by atoms with Crippen molar-refractivity contribution < 1.29 is 13.6 Å². The molecule has 1 unspecified atom stereocenters. The summed E-state index contributed by atoms with van der Waals surface area (Å²) in [5, 5.41) is 5.23. The van der Waals surface area contributed by atoms with Gasteiger partial charge in [0.15, 0.2) is 0 Å². The van der Waals surface area contributed by atoms with E-state index in [1.165, 1.54) is 12.1 Å². The van der Waals surface area contributed by atoms with Crippen molar-refractivity contribution in [2.75, 3.05) is 5.32 Å². The molecular weight excluding hydrogens is 283 g/mol. The summed E-state index contributed by atoms with van der Waals surface area (Å²) in [6.45, 7) is 3.62. The highest BCUT2D eigenvalue weighted by molar-refractivity contribution is 6.30. The third-order valence-electron chi connectivity index (χ3n) is 2.71. The van der Waals surface area contributed by atoms with Gasteiger partial charge in [0, 0.05) is 5.69 Å². The number of anilines is 1. The number of amides is 2. The molecule has 2 N–H and O–H groups in total. The molecule has 6 heteroatoms. The fourth-order valence-electron chi connectivity index (χ4n) is 1.69. The summed E-state index contributed by atoms with van der Waals surface area (Å²) in [7, 11) is 0. The first-order valence-corrected chi connectivity index (χ1v) is 6.42. The van der Waals surface area contributed by atoms with Crippen molar-refractivity contribution in [1.82, 2.24) is 5.32 Å². The number of carbonyl (C=O) groups excluding carboxylic acids is 1. The molecular formula is C14H14ClFN2O2. The van der Waals surface area contributed by atoms with Crippen molar-refractivity contribution in [3.05, 3.63) is 52.7 Å². The normalized spacial score (nSPS) is 12.0. The Hall–Kier alpha value is -2.01. The van der Waals surface area contributed by atoms with E-state index < -0.39 is 11.8 Å². The molecule has 0 fully saturated rings. The third kappa shape index (κ3) is 3.51. The van der Waals surface area contributed by atoms with E-state index in [1.807, 2.05) is 13.0 Å². The molecule has 0 spiro atoms. The Balaban J connectivity index is 1.96. The van der Waals surface area contributed by atoms with Crippen LogP contribution in [0, 0.1) is 12.7 Å². The molecule has 0 saturated carbocycles. The molecule has 0 bridgehead atoms. The van der Waals surface area contributed by atoms with Gasteiger partial charge in [-0.2, -0.15) is 0 Å². The minimum atomic E-state index is -0.584. The highest BCUT2D eigenvalue weighted by Crippen LogP contribution is 2.19. The average molecular weight is 297 g/mol. The molecule has 1 heterocycles. The van der Waals surface area contributed by atoms with E-state index in [2.05, 4.69) is 10.6 Å². The summed E-state index contributed by atoms with van der Waals surface area (Å²) >= 11 is 5.57. The van der Waals surface area contributed by atoms with Crippen molar-refractivity contribution in [2.24, 2.45) is 0 Å². The monoisotopic (exact) mass is 296 g/mol. The lowest BCUT2D eigenvalue weighted by molar-refractivity contribution is 0.247. The van der Waals surface area contributed by atoms with Gasteiger partial charge in [0.1, 0.15) is 17.3 Å². The molecule has 20 heavy (non-hydrogen) atoms. The second-order valence-electron chi connectivity index (χ2n) is 4.40.